The number of hydrogen-bond donors (Lipinski definition) is 3. The maximum atomic E-state index is 5.92. The quantitative estimate of drug-likeness (QED) is 0.486. The Balaban J connectivity index is 1.22. The molecule has 2 heterocycles. The molecule has 6 nitrogen and oxygen atoms in total. The number of benzene rings is 2. The van der Waals surface area contributed by atoms with Crippen LogP contribution < -0.4 is 16.4 Å². The standard InChI is InChI=1S/C26H34N6/c1-31-13-15-32(16-14-31)12-4-11-28-26-29-18-20-17-24(19-7-9-21(27)10-8-19)22-5-2-3-6-23(22)25(20)30-26/h2-3,5-10,18,24,26,28,30H,4,11-17,27H2,1H3. The molecule has 2 aromatic rings. The van der Waals surface area contributed by atoms with E-state index >= 15 is 0 Å². The van der Waals surface area contributed by atoms with Crippen molar-refractivity contribution in [2.75, 3.05) is 52.0 Å². The number of allylic oxidation sites excluding steroid dienone is 1. The van der Waals surface area contributed by atoms with E-state index in [4.69, 9.17) is 10.7 Å². The van der Waals surface area contributed by atoms with Crippen LogP contribution in [0.2, 0.25) is 0 Å². The minimum Gasteiger partial charge on any atom is -0.399 e. The topological polar surface area (TPSA) is 68.9 Å². The third kappa shape index (κ3) is 4.58. The molecular weight excluding hydrogens is 396 g/mol. The zero-order valence-corrected chi connectivity index (χ0v) is 18.9. The van der Waals surface area contributed by atoms with Crippen molar-refractivity contribution >= 4 is 17.6 Å². The van der Waals surface area contributed by atoms with E-state index in [1.54, 1.807) is 0 Å². The Labute approximate surface area is 191 Å². The summed E-state index contributed by atoms with van der Waals surface area (Å²) in [7, 11) is 2.20. The van der Waals surface area contributed by atoms with Crippen LogP contribution in [0.25, 0.3) is 5.70 Å². The summed E-state index contributed by atoms with van der Waals surface area (Å²) >= 11 is 0. The second-order valence-electron chi connectivity index (χ2n) is 9.19. The van der Waals surface area contributed by atoms with Gasteiger partial charge < -0.3 is 20.9 Å². The van der Waals surface area contributed by atoms with Gasteiger partial charge in [-0.25, -0.2) is 0 Å². The number of nitrogens with one attached hydrogen (secondary N) is 2. The highest BCUT2D eigenvalue weighted by atomic mass is 15.3. The highest BCUT2D eigenvalue weighted by molar-refractivity contribution is 5.94. The van der Waals surface area contributed by atoms with Crippen LogP contribution in [0.15, 0.2) is 59.1 Å². The Morgan fingerprint density at radius 1 is 1.06 bits per heavy atom. The number of piperazine rings is 1. The molecular formula is C26H34N6. The van der Waals surface area contributed by atoms with Gasteiger partial charge in [0.1, 0.15) is 0 Å². The second-order valence-corrected chi connectivity index (χ2v) is 9.19. The van der Waals surface area contributed by atoms with E-state index in [9.17, 15) is 0 Å². The average molecular weight is 431 g/mol. The molecule has 2 atom stereocenters. The molecule has 1 aliphatic carbocycles. The van der Waals surface area contributed by atoms with Crippen molar-refractivity contribution in [1.29, 1.82) is 0 Å². The van der Waals surface area contributed by atoms with E-state index in [1.165, 1.54) is 54.1 Å². The smallest absolute Gasteiger partial charge is 0.173 e. The highest BCUT2D eigenvalue weighted by Gasteiger charge is 2.29. The van der Waals surface area contributed by atoms with Crippen LogP contribution in [0.3, 0.4) is 0 Å². The first-order valence-corrected chi connectivity index (χ1v) is 11.8. The zero-order chi connectivity index (χ0) is 21.9. The highest BCUT2D eigenvalue weighted by Crippen LogP contribution is 2.41. The van der Waals surface area contributed by atoms with Crippen LogP contribution in [0.4, 0.5) is 5.69 Å². The number of nitrogens with zero attached hydrogens (tertiary/aromatic N) is 3. The second kappa shape index (κ2) is 9.45. The van der Waals surface area contributed by atoms with Gasteiger partial charge in [-0.3, -0.25) is 10.3 Å². The van der Waals surface area contributed by atoms with Crippen molar-refractivity contribution < 1.29 is 0 Å². The van der Waals surface area contributed by atoms with Gasteiger partial charge in [0.2, 0.25) is 0 Å². The molecule has 2 aromatic carbocycles. The minimum atomic E-state index is -0.0673. The van der Waals surface area contributed by atoms with Crippen LogP contribution in [0, 0.1) is 0 Å². The Morgan fingerprint density at radius 2 is 1.84 bits per heavy atom. The largest absolute Gasteiger partial charge is 0.399 e. The number of nitrogens with two attached hydrogens (primary N) is 1. The molecule has 0 aromatic heterocycles. The summed E-state index contributed by atoms with van der Waals surface area (Å²) < 4.78 is 0. The fourth-order valence-electron chi connectivity index (χ4n) is 5.00. The van der Waals surface area contributed by atoms with Crippen LogP contribution in [-0.4, -0.2) is 68.6 Å². The average Bonchev–Trinajstić information content (AvgIpc) is 2.83. The van der Waals surface area contributed by atoms with Gasteiger partial charge in [-0.05, 0) is 61.8 Å². The lowest BCUT2D eigenvalue weighted by Crippen LogP contribution is -2.46. The number of rotatable bonds is 6. The summed E-state index contributed by atoms with van der Waals surface area (Å²) in [6.07, 6.45) is 4.09. The van der Waals surface area contributed by atoms with E-state index in [0.29, 0.717) is 5.92 Å². The number of nitrogen functional groups attached to an aromatic ring is 1. The molecule has 2 unspecified atom stereocenters. The zero-order valence-electron chi connectivity index (χ0n) is 18.9. The van der Waals surface area contributed by atoms with E-state index < -0.39 is 0 Å². The lowest BCUT2D eigenvalue weighted by Gasteiger charge is -2.34. The molecule has 0 saturated carbocycles. The van der Waals surface area contributed by atoms with Crippen molar-refractivity contribution in [3.63, 3.8) is 0 Å². The Hall–Kier alpha value is -2.67. The molecule has 1 fully saturated rings. The molecule has 32 heavy (non-hydrogen) atoms. The van der Waals surface area contributed by atoms with Crippen molar-refractivity contribution in [3.05, 3.63) is 70.8 Å². The molecule has 4 N–H and O–H groups in total. The molecule has 0 radical (unpaired) electrons. The molecule has 3 aliphatic rings. The van der Waals surface area contributed by atoms with E-state index in [-0.39, 0.29) is 6.29 Å². The van der Waals surface area contributed by atoms with Gasteiger partial charge >= 0.3 is 0 Å². The Kier molecular flexibility index (Phi) is 6.26. The number of anilines is 1. The first-order chi connectivity index (χ1) is 15.7. The predicted molar refractivity (Wildman–Crippen MR) is 133 cm³/mol. The minimum absolute atomic E-state index is 0.0673. The third-order valence-electron chi connectivity index (χ3n) is 6.93. The van der Waals surface area contributed by atoms with Crippen molar-refractivity contribution in [3.8, 4) is 0 Å². The maximum Gasteiger partial charge on any atom is 0.173 e. The normalized spacial score (nSPS) is 23.5. The first-order valence-electron chi connectivity index (χ1n) is 11.8. The van der Waals surface area contributed by atoms with Crippen LogP contribution in [0.5, 0.6) is 0 Å². The van der Waals surface area contributed by atoms with Gasteiger partial charge in [0, 0.05) is 55.3 Å². The van der Waals surface area contributed by atoms with Gasteiger partial charge in [-0.15, -0.1) is 0 Å². The molecule has 168 valence electrons. The number of hydrogen-bond acceptors (Lipinski definition) is 6. The van der Waals surface area contributed by atoms with E-state index in [1.807, 2.05) is 12.1 Å². The number of likely N-dealkylation sites (N-methyl/N-ethyl adjacent to an activating group) is 1. The van der Waals surface area contributed by atoms with Gasteiger partial charge in [0.25, 0.3) is 0 Å². The molecule has 2 aliphatic heterocycles. The molecule has 0 amide bonds. The predicted octanol–water partition coefficient (Wildman–Crippen LogP) is 2.70. The van der Waals surface area contributed by atoms with Gasteiger partial charge in [-0.1, -0.05) is 36.4 Å². The molecule has 0 bridgehead atoms. The number of fused-ring (bicyclic) bond motifs is 2. The monoisotopic (exact) mass is 430 g/mol. The van der Waals surface area contributed by atoms with Crippen molar-refractivity contribution in [2.45, 2.75) is 25.0 Å². The summed E-state index contributed by atoms with van der Waals surface area (Å²) in [5.41, 5.74) is 13.2. The molecule has 0 spiro atoms. The van der Waals surface area contributed by atoms with Gasteiger partial charge in [0.05, 0.1) is 0 Å². The van der Waals surface area contributed by atoms with Gasteiger partial charge in [-0.2, -0.15) is 0 Å². The first kappa shape index (κ1) is 21.2. The van der Waals surface area contributed by atoms with Crippen LogP contribution >= 0.6 is 0 Å². The van der Waals surface area contributed by atoms with Crippen LogP contribution in [-0.2, 0) is 0 Å². The Morgan fingerprint density at radius 3 is 2.66 bits per heavy atom. The van der Waals surface area contributed by atoms with E-state index in [2.05, 4.69) is 70.1 Å². The third-order valence-corrected chi connectivity index (χ3v) is 6.93. The van der Waals surface area contributed by atoms with E-state index in [0.717, 1.165) is 31.6 Å². The van der Waals surface area contributed by atoms with Crippen molar-refractivity contribution in [2.24, 2.45) is 4.99 Å². The lowest BCUT2D eigenvalue weighted by atomic mass is 9.77. The summed E-state index contributed by atoms with van der Waals surface area (Å²) in [4.78, 5) is 9.75. The van der Waals surface area contributed by atoms with Crippen LogP contribution in [0.1, 0.15) is 35.4 Å². The molecule has 5 rings (SSSR count). The SMILES string of the molecule is CN1CCN(CCCNC2N=CC3=C(N2)c2ccccc2C(c2ccc(N)cc2)C3)CC1. The fourth-order valence-corrected chi connectivity index (χ4v) is 5.00. The molecule has 1 saturated heterocycles. The Bertz CT molecular complexity index is 988. The summed E-state index contributed by atoms with van der Waals surface area (Å²) in [5.74, 6) is 0.326. The number of aliphatic imine (C=N–C) groups is 1. The maximum absolute atomic E-state index is 5.92. The van der Waals surface area contributed by atoms with Crippen molar-refractivity contribution in [1.82, 2.24) is 20.4 Å². The lowest BCUT2D eigenvalue weighted by molar-refractivity contribution is 0.152. The molecule has 6 heteroatoms. The summed E-state index contributed by atoms with van der Waals surface area (Å²) in [5, 5.41) is 7.26. The summed E-state index contributed by atoms with van der Waals surface area (Å²) in [6, 6.07) is 17.0. The summed E-state index contributed by atoms with van der Waals surface area (Å²) in [6.45, 7) is 6.82. The van der Waals surface area contributed by atoms with Gasteiger partial charge in [0.15, 0.2) is 6.29 Å². The fraction of sp³-hybridized carbons (Fsp3) is 0.423.